The van der Waals surface area contributed by atoms with Gasteiger partial charge in [0.15, 0.2) is 16.3 Å². The summed E-state index contributed by atoms with van der Waals surface area (Å²) in [4.78, 5) is 36.9. The molecule has 3 heterocycles. The molecule has 2 aliphatic heterocycles. The molecule has 1 saturated heterocycles. The fourth-order valence-electron chi connectivity index (χ4n) is 5.33. The maximum Gasteiger partial charge on any atom is 0.358 e. The number of nitrogens with zero attached hydrogens (tertiary/aromatic N) is 3. The van der Waals surface area contributed by atoms with Gasteiger partial charge in [-0.3, -0.25) is 9.69 Å². The van der Waals surface area contributed by atoms with Crippen LogP contribution in [-0.2, 0) is 25.1 Å². The second kappa shape index (κ2) is 11.8. The van der Waals surface area contributed by atoms with Crippen molar-refractivity contribution in [3.8, 4) is 0 Å². The molecule has 3 rings (SSSR count). The Hall–Kier alpha value is -1.10. The van der Waals surface area contributed by atoms with Crippen LogP contribution in [0.3, 0.4) is 0 Å². The third-order valence-electron chi connectivity index (χ3n) is 7.40. The predicted molar refractivity (Wildman–Crippen MR) is 140 cm³/mol. The van der Waals surface area contributed by atoms with E-state index in [9.17, 15) is 9.59 Å². The van der Waals surface area contributed by atoms with E-state index in [2.05, 4.69) is 42.6 Å². The van der Waals surface area contributed by atoms with Crippen molar-refractivity contribution >= 4 is 48.5 Å². The summed E-state index contributed by atoms with van der Waals surface area (Å²) in [6.45, 7) is 11.9. The molecule has 5 atom stereocenters. The number of carbonyl (C=O) groups is 2. The SMILES string of the molecule is [B]NPOC(=O)C1=C(CN(C)Cc2nccs2)[C@H](C)[C@@H]2[C@@H]([C@@H](C)O[Si](CC)(CC)CC)C(=O)N12. The highest BCUT2D eigenvalue weighted by Crippen LogP contribution is 2.49. The number of amides is 1. The smallest absolute Gasteiger partial charge is 0.358 e. The summed E-state index contributed by atoms with van der Waals surface area (Å²) in [6, 6.07) is 3.00. The van der Waals surface area contributed by atoms with Gasteiger partial charge in [-0.15, -0.1) is 11.3 Å². The largest absolute Gasteiger partial charge is 0.428 e. The molecule has 1 aromatic heterocycles. The first-order valence-corrected chi connectivity index (χ1v) is 16.3. The van der Waals surface area contributed by atoms with Crippen molar-refractivity contribution in [2.75, 3.05) is 13.6 Å². The minimum absolute atomic E-state index is 0.0187. The van der Waals surface area contributed by atoms with E-state index in [4.69, 9.17) is 16.9 Å². The van der Waals surface area contributed by atoms with Crippen LogP contribution in [0.25, 0.3) is 0 Å². The van der Waals surface area contributed by atoms with Crippen LogP contribution < -0.4 is 5.00 Å². The monoisotopic (exact) mass is 522 g/mol. The van der Waals surface area contributed by atoms with Crippen molar-refractivity contribution < 1.29 is 18.5 Å². The Morgan fingerprint density at radius 3 is 2.59 bits per heavy atom. The highest BCUT2D eigenvalue weighted by Gasteiger charge is 2.60. The standard InChI is InChI=1S/C22H36BN4O4PSSi/c1-7-34(8-2,9-3)31-15(5)18-19-14(4)16(12-26(6)13-17-24-10-11-33-17)20(27(19)21(18)28)22(29)30-32-25-23/h10-11,14-15,18-19,25,32H,7-9,12-13H2,1-6H3/t14-,15+,18+,19+/m0/s1. The topological polar surface area (TPSA) is 84.0 Å². The van der Waals surface area contributed by atoms with E-state index in [-0.39, 0.29) is 38.8 Å². The van der Waals surface area contributed by atoms with Gasteiger partial charge in [0.2, 0.25) is 5.91 Å². The Kier molecular flexibility index (Phi) is 9.51. The highest BCUT2D eigenvalue weighted by molar-refractivity contribution is 7.32. The van der Waals surface area contributed by atoms with Gasteiger partial charge in [0.25, 0.3) is 0 Å². The van der Waals surface area contributed by atoms with E-state index in [0.29, 0.717) is 18.8 Å². The third kappa shape index (κ3) is 5.34. The Morgan fingerprint density at radius 2 is 2.03 bits per heavy atom. The van der Waals surface area contributed by atoms with Crippen molar-refractivity contribution in [2.45, 2.75) is 71.4 Å². The van der Waals surface area contributed by atoms with Gasteiger partial charge in [-0.2, -0.15) is 0 Å². The number of aromatic nitrogens is 1. The number of thiazole rings is 1. The molecule has 0 aromatic carbocycles. The molecule has 8 nitrogen and oxygen atoms in total. The van der Waals surface area contributed by atoms with E-state index < -0.39 is 14.3 Å². The maximum absolute atomic E-state index is 13.4. The van der Waals surface area contributed by atoms with Gasteiger partial charge >= 0.3 is 5.97 Å². The zero-order valence-corrected chi connectivity index (χ0v) is 23.8. The van der Waals surface area contributed by atoms with Crippen LogP contribution in [0.5, 0.6) is 0 Å². The van der Waals surface area contributed by atoms with Gasteiger partial charge < -0.3 is 18.8 Å². The summed E-state index contributed by atoms with van der Waals surface area (Å²) in [6.07, 6.45) is 1.61. The Balaban J connectivity index is 1.84. The van der Waals surface area contributed by atoms with Gasteiger partial charge in [0, 0.05) is 24.0 Å². The zero-order valence-electron chi connectivity index (χ0n) is 21.0. The summed E-state index contributed by atoms with van der Waals surface area (Å²) < 4.78 is 12.0. The number of nitrogens with one attached hydrogen (secondary N) is 1. The van der Waals surface area contributed by atoms with Crippen LogP contribution >= 0.6 is 20.3 Å². The molecule has 0 spiro atoms. The molecule has 2 aliphatic rings. The molecule has 1 N–H and O–H groups in total. The molecule has 0 bridgehead atoms. The Labute approximate surface area is 211 Å². The Bertz CT molecular complexity index is 893. The number of likely N-dealkylation sites (N-methyl/N-ethyl adjacent to an activating group) is 1. The number of hydrogen-bond acceptors (Lipinski definition) is 8. The van der Waals surface area contributed by atoms with Gasteiger partial charge in [-0.05, 0) is 37.7 Å². The quantitative estimate of drug-likeness (QED) is 0.241. The van der Waals surface area contributed by atoms with E-state index >= 15 is 0 Å². The molecule has 12 heteroatoms. The van der Waals surface area contributed by atoms with Crippen molar-refractivity contribution in [2.24, 2.45) is 11.8 Å². The molecule has 2 radical (unpaired) electrons. The molecule has 1 unspecified atom stereocenters. The molecule has 0 aliphatic carbocycles. The lowest BCUT2D eigenvalue weighted by Crippen LogP contribution is -2.65. The molecule has 1 amide bonds. The number of fused-ring (bicyclic) bond motifs is 1. The fourth-order valence-corrected chi connectivity index (χ4v) is 9.21. The van der Waals surface area contributed by atoms with Crippen molar-refractivity contribution in [1.29, 1.82) is 0 Å². The van der Waals surface area contributed by atoms with Crippen LogP contribution in [0, 0.1) is 11.8 Å². The van der Waals surface area contributed by atoms with Gasteiger partial charge in [0.05, 0.1) is 24.6 Å². The van der Waals surface area contributed by atoms with Gasteiger partial charge in [0.1, 0.15) is 19.7 Å². The molecular weight excluding hydrogens is 486 g/mol. The van der Waals surface area contributed by atoms with Crippen LogP contribution in [0.15, 0.2) is 22.8 Å². The average molecular weight is 522 g/mol. The van der Waals surface area contributed by atoms with Crippen LogP contribution in [-0.4, -0.2) is 68.7 Å². The van der Waals surface area contributed by atoms with Crippen LogP contribution in [0.1, 0.15) is 39.6 Å². The number of β-lactam (4-membered cyclic amide) rings is 1. The number of carbonyl (C=O) groups excluding carboxylic acids is 2. The number of hydrogen-bond donors (Lipinski definition) is 1. The first-order chi connectivity index (χ1) is 16.2. The van der Waals surface area contributed by atoms with E-state index in [1.807, 2.05) is 19.4 Å². The first-order valence-electron chi connectivity index (χ1n) is 12.0. The summed E-state index contributed by atoms with van der Waals surface area (Å²) in [7, 11) is 5.07. The lowest BCUT2D eigenvalue weighted by atomic mass is 9.77. The third-order valence-corrected chi connectivity index (χ3v) is 13.3. The Morgan fingerprint density at radius 1 is 1.35 bits per heavy atom. The fraction of sp³-hybridized carbons (Fsp3) is 0.682. The molecule has 186 valence electrons. The predicted octanol–water partition coefficient (Wildman–Crippen LogP) is 3.44. The average Bonchev–Trinajstić information content (AvgIpc) is 3.41. The molecule has 1 aromatic rings. The minimum Gasteiger partial charge on any atom is -0.428 e. The molecule has 34 heavy (non-hydrogen) atoms. The van der Waals surface area contributed by atoms with Crippen molar-refractivity contribution in [3.05, 3.63) is 27.9 Å². The second-order valence-corrected chi connectivity index (χ2v) is 15.6. The molecular formula is C22H36BN4O4PSSi. The van der Waals surface area contributed by atoms with Crippen molar-refractivity contribution in [1.82, 2.24) is 19.8 Å². The first kappa shape index (κ1) is 27.5. The van der Waals surface area contributed by atoms with E-state index in [1.54, 1.807) is 22.4 Å². The second-order valence-electron chi connectivity index (χ2n) is 9.19. The normalized spacial score (nSPS) is 23.7. The maximum atomic E-state index is 13.4. The van der Waals surface area contributed by atoms with Gasteiger partial charge in [-0.25, -0.2) is 9.78 Å². The van der Waals surface area contributed by atoms with Crippen LogP contribution in [0.2, 0.25) is 18.1 Å². The van der Waals surface area contributed by atoms with E-state index in [1.165, 1.54) is 0 Å². The summed E-state index contributed by atoms with van der Waals surface area (Å²) in [5, 5.41) is 2.96. The molecule has 1 fully saturated rings. The summed E-state index contributed by atoms with van der Waals surface area (Å²) in [5.41, 5.74) is 1.29. The summed E-state index contributed by atoms with van der Waals surface area (Å²) >= 11 is 1.60. The zero-order chi connectivity index (χ0) is 25.0. The minimum atomic E-state index is -1.87. The van der Waals surface area contributed by atoms with E-state index in [0.717, 1.165) is 28.7 Å². The number of rotatable bonds is 13. The van der Waals surface area contributed by atoms with Crippen LogP contribution in [0.4, 0.5) is 0 Å². The summed E-state index contributed by atoms with van der Waals surface area (Å²) in [5.74, 6) is -0.802. The van der Waals surface area contributed by atoms with Gasteiger partial charge in [-0.1, -0.05) is 27.7 Å². The molecule has 0 saturated carbocycles. The lowest BCUT2D eigenvalue weighted by Gasteiger charge is -2.49. The lowest BCUT2D eigenvalue weighted by molar-refractivity contribution is -0.161. The van der Waals surface area contributed by atoms with Crippen molar-refractivity contribution in [3.63, 3.8) is 0 Å². The highest BCUT2D eigenvalue weighted by atomic mass is 32.1.